The van der Waals surface area contributed by atoms with E-state index in [0.717, 1.165) is 53.2 Å². The number of rotatable bonds is 14. The van der Waals surface area contributed by atoms with E-state index < -0.39 is 0 Å². The van der Waals surface area contributed by atoms with Crippen molar-refractivity contribution < 1.29 is 9.47 Å². The molecule has 0 spiro atoms. The van der Waals surface area contributed by atoms with Gasteiger partial charge in [-0.2, -0.15) is 5.10 Å². The normalized spacial score (nSPS) is 17.5. The van der Waals surface area contributed by atoms with Crippen molar-refractivity contribution in [3.05, 3.63) is 71.7 Å². The molecule has 0 radical (unpaired) electrons. The zero-order chi connectivity index (χ0) is 32.3. The monoisotopic (exact) mass is 626 g/mol. The largest absolute Gasteiger partial charge is 0.495 e. The second-order valence-corrected chi connectivity index (χ2v) is 12.2. The maximum atomic E-state index is 6.32. The molecule has 1 saturated heterocycles. The molecule has 2 aliphatic heterocycles. The standard InChI is InChI=1S/C36H50N8O2/c1-5-15-43(16-6-2)31-12-17-44(18-13-31)32-9-10-33(35(21-32)45-4)42-36-38-24-30(25-39-36)29-8-7-28(11-14-37)34(20-29)46-26(3)19-27-22-40-41-23-27/h7-10,20-24,26,31,36,38-39,42H,5-6,12-13,15-19,25,37H2,1-4H3,(H,40,41). The van der Waals surface area contributed by atoms with Crippen LogP contribution in [0.15, 0.2) is 55.0 Å². The number of ether oxygens (including phenoxy) is 2. The first-order chi connectivity index (χ1) is 22.5. The molecule has 2 aromatic carbocycles. The fourth-order valence-electron chi connectivity index (χ4n) is 6.46. The highest BCUT2D eigenvalue weighted by Gasteiger charge is 2.25. The summed E-state index contributed by atoms with van der Waals surface area (Å²) in [6.45, 7) is 11.8. The first-order valence-electron chi connectivity index (χ1n) is 16.6. The van der Waals surface area contributed by atoms with Crippen molar-refractivity contribution in [3.8, 4) is 23.5 Å². The SMILES string of the molecule is CCCN(CCC)C1CCN(c2ccc(NC3NC=C(c4ccc(C#CN)c(OC(C)Cc5cn[nH]c5)c4)CN3)c(OC)c2)CC1. The number of nitrogens with one attached hydrogen (secondary N) is 4. The summed E-state index contributed by atoms with van der Waals surface area (Å²) in [6.07, 6.45) is 11.1. The van der Waals surface area contributed by atoms with E-state index in [1.54, 1.807) is 7.11 Å². The molecule has 0 aliphatic carbocycles. The molecule has 10 nitrogen and oxygen atoms in total. The fourth-order valence-corrected chi connectivity index (χ4v) is 6.46. The summed E-state index contributed by atoms with van der Waals surface area (Å²) < 4.78 is 12.2. The molecule has 2 aliphatic rings. The van der Waals surface area contributed by atoms with Gasteiger partial charge >= 0.3 is 0 Å². The van der Waals surface area contributed by atoms with Gasteiger partial charge in [-0.1, -0.05) is 19.9 Å². The smallest absolute Gasteiger partial charge is 0.152 e. The Hall–Kier alpha value is -4.33. The second-order valence-electron chi connectivity index (χ2n) is 12.2. The minimum atomic E-state index is -0.157. The topological polar surface area (TPSA) is 116 Å². The van der Waals surface area contributed by atoms with Crippen molar-refractivity contribution in [1.29, 1.82) is 0 Å². The molecule has 0 amide bonds. The van der Waals surface area contributed by atoms with Crippen LogP contribution in [0.5, 0.6) is 11.5 Å². The Bertz CT molecular complexity index is 1480. The highest BCUT2D eigenvalue weighted by molar-refractivity contribution is 5.71. The minimum Gasteiger partial charge on any atom is -0.495 e. The molecule has 46 heavy (non-hydrogen) atoms. The lowest BCUT2D eigenvalue weighted by Gasteiger charge is -2.39. The average Bonchev–Trinajstić information content (AvgIpc) is 3.59. The Morgan fingerprint density at radius 1 is 1.11 bits per heavy atom. The predicted octanol–water partition coefficient (Wildman–Crippen LogP) is 4.72. The zero-order valence-corrected chi connectivity index (χ0v) is 27.7. The summed E-state index contributed by atoms with van der Waals surface area (Å²) in [5.41, 5.74) is 11.7. The van der Waals surface area contributed by atoms with Gasteiger partial charge in [-0.05, 0) is 92.6 Å². The molecule has 1 aromatic heterocycles. The van der Waals surface area contributed by atoms with Crippen molar-refractivity contribution in [3.63, 3.8) is 0 Å². The highest BCUT2D eigenvalue weighted by atomic mass is 16.5. The molecule has 6 N–H and O–H groups in total. The van der Waals surface area contributed by atoms with Crippen LogP contribution >= 0.6 is 0 Å². The average molecular weight is 627 g/mol. The quantitative estimate of drug-likeness (QED) is 0.128. The Morgan fingerprint density at radius 2 is 1.91 bits per heavy atom. The molecule has 3 heterocycles. The molecule has 2 atom stereocenters. The van der Waals surface area contributed by atoms with E-state index in [9.17, 15) is 0 Å². The van der Waals surface area contributed by atoms with E-state index in [1.807, 2.05) is 43.7 Å². The zero-order valence-electron chi connectivity index (χ0n) is 27.7. The van der Waals surface area contributed by atoms with E-state index in [1.165, 1.54) is 44.5 Å². The third-order valence-electron chi connectivity index (χ3n) is 8.74. The second kappa shape index (κ2) is 16.3. The van der Waals surface area contributed by atoms with Crippen molar-refractivity contribution >= 4 is 16.9 Å². The lowest BCUT2D eigenvalue weighted by molar-refractivity contribution is 0.169. The number of aromatic amines is 1. The van der Waals surface area contributed by atoms with Gasteiger partial charge in [-0.25, -0.2) is 0 Å². The molecule has 246 valence electrons. The van der Waals surface area contributed by atoms with Gasteiger partial charge < -0.3 is 35.6 Å². The van der Waals surface area contributed by atoms with Crippen LogP contribution < -0.4 is 36.1 Å². The minimum absolute atomic E-state index is 0.0634. The Balaban J connectivity index is 1.20. The maximum absolute atomic E-state index is 6.32. The van der Waals surface area contributed by atoms with E-state index in [-0.39, 0.29) is 12.4 Å². The third kappa shape index (κ3) is 8.47. The first kappa shape index (κ1) is 33.0. The van der Waals surface area contributed by atoms with Gasteiger partial charge in [0, 0.05) is 62.3 Å². The van der Waals surface area contributed by atoms with Gasteiger partial charge in [-0.15, -0.1) is 0 Å². The lowest BCUT2D eigenvalue weighted by Crippen LogP contribution is -2.49. The van der Waals surface area contributed by atoms with E-state index >= 15 is 0 Å². The van der Waals surface area contributed by atoms with Crippen molar-refractivity contribution in [2.45, 2.75) is 71.3 Å². The molecule has 2 unspecified atom stereocenters. The summed E-state index contributed by atoms with van der Waals surface area (Å²) in [4.78, 5) is 5.18. The van der Waals surface area contributed by atoms with Gasteiger partial charge in [0.05, 0.1) is 24.6 Å². The van der Waals surface area contributed by atoms with Gasteiger partial charge in [0.1, 0.15) is 17.6 Å². The van der Waals surface area contributed by atoms with Crippen molar-refractivity contribution in [2.24, 2.45) is 5.73 Å². The molecule has 1 fully saturated rings. The predicted molar refractivity (Wildman–Crippen MR) is 187 cm³/mol. The summed E-state index contributed by atoms with van der Waals surface area (Å²) in [5.74, 6) is 4.50. The highest BCUT2D eigenvalue weighted by Crippen LogP contribution is 2.33. The van der Waals surface area contributed by atoms with Crippen LogP contribution in [0, 0.1) is 12.0 Å². The molecular formula is C36H50N8O2. The van der Waals surface area contributed by atoms with E-state index in [2.05, 4.69) is 80.0 Å². The van der Waals surface area contributed by atoms with Gasteiger partial charge in [0.15, 0.2) is 6.29 Å². The number of methoxy groups -OCH3 is 1. The first-order valence-corrected chi connectivity index (χ1v) is 16.6. The molecule has 3 aromatic rings. The van der Waals surface area contributed by atoms with Crippen LogP contribution in [0.4, 0.5) is 11.4 Å². The van der Waals surface area contributed by atoms with E-state index in [0.29, 0.717) is 18.3 Å². The van der Waals surface area contributed by atoms with Crippen LogP contribution in [0.25, 0.3) is 5.57 Å². The number of aromatic nitrogens is 2. The molecular weight excluding hydrogens is 576 g/mol. The van der Waals surface area contributed by atoms with Gasteiger partial charge in [0.2, 0.25) is 0 Å². The van der Waals surface area contributed by atoms with Crippen LogP contribution in [-0.2, 0) is 6.42 Å². The number of H-pyrrole nitrogens is 1. The Morgan fingerprint density at radius 3 is 2.57 bits per heavy atom. The van der Waals surface area contributed by atoms with Crippen LogP contribution in [-0.4, -0.2) is 73.4 Å². The van der Waals surface area contributed by atoms with Crippen LogP contribution in [0.3, 0.4) is 0 Å². The number of nitrogens with zero attached hydrogens (tertiary/aromatic N) is 3. The number of piperidine rings is 1. The van der Waals surface area contributed by atoms with Crippen molar-refractivity contribution in [2.75, 3.05) is 50.1 Å². The molecule has 10 heteroatoms. The van der Waals surface area contributed by atoms with Crippen molar-refractivity contribution in [1.82, 2.24) is 25.7 Å². The molecule has 0 bridgehead atoms. The maximum Gasteiger partial charge on any atom is 0.152 e. The summed E-state index contributed by atoms with van der Waals surface area (Å²) in [6, 6.07) is 15.7. The molecule has 5 rings (SSSR count). The number of hydrogen-bond acceptors (Lipinski definition) is 9. The fraction of sp³-hybridized carbons (Fsp3) is 0.472. The van der Waals surface area contributed by atoms with Gasteiger partial charge in [-0.3, -0.25) is 10.4 Å². The number of hydrogen-bond donors (Lipinski definition) is 5. The Labute approximate surface area is 274 Å². The van der Waals surface area contributed by atoms with Crippen LogP contribution in [0.2, 0.25) is 0 Å². The molecule has 0 saturated carbocycles. The number of benzene rings is 2. The van der Waals surface area contributed by atoms with Crippen LogP contribution in [0.1, 0.15) is 63.1 Å². The lowest BCUT2D eigenvalue weighted by atomic mass is 10.0. The van der Waals surface area contributed by atoms with Gasteiger partial charge in [0.25, 0.3) is 0 Å². The summed E-state index contributed by atoms with van der Waals surface area (Å²) in [7, 11) is 1.73. The third-order valence-corrected chi connectivity index (χ3v) is 8.74. The number of nitrogens with two attached hydrogens (primary N) is 1. The summed E-state index contributed by atoms with van der Waals surface area (Å²) in [5, 5.41) is 17.4. The number of anilines is 2. The summed E-state index contributed by atoms with van der Waals surface area (Å²) >= 11 is 0. The van der Waals surface area contributed by atoms with E-state index in [4.69, 9.17) is 15.2 Å². The Kier molecular flexibility index (Phi) is 11.7.